The van der Waals surface area contributed by atoms with Crippen LogP contribution in [0.3, 0.4) is 0 Å². The summed E-state index contributed by atoms with van der Waals surface area (Å²) in [6.07, 6.45) is 3.44. The second kappa shape index (κ2) is 4.75. The molecule has 2 bridgehead atoms. The van der Waals surface area contributed by atoms with Gasteiger partial charge in [0.2, 0.25) is 0 Å². The third kappa shape index (κ3) is 2.54. The first-order valence-corrected chi connectivity index (χ1v) is 7.78. The standard InChI is InChI=1S/C18H25NO2/c1-17(2)9-13-10-18(3,11-17)12-19(13)16(20)14-7-5-6-8-15(14)21-4/h5-8,13H,9-12H2,1-4H3/t13-,18-/m1/s1. The maximum absolute atomic E-state index is 13.0. The third-order valence-corrected chi connectivity index (χ3v) is 5.01. The Bertz CT molecular complexity index is 566. The van der Waals surface area contributed by atoms with Gasteiger partial charge in [0, 0.05) is 12.6 Å². The molecule has 1 amide bonds. The van der Waals surface area contributed by atoms with Crippen molar-refractivity contribution in [2.75, 3.05) is 13.7 Å². The molecule has 2 fully saturated rings. The van der Waals surface area contributed by atoms with Crippen LogP contribution in [0.1, 0.15) is 50.4 Å². The van der Waals surface area contributed by atoms with E-state index in [0.717, 1.165) is 19.4 Å². The van der Waals surface area contributed by atoms with Crippen LogP contribution in [0.25, 0.3) is 0 Å². The Morgan fingerprint density at radius 2 is 1.95 bits per heavy atom. The molecule has 0 unspecified atom stereocenters. The zero-order chi connectivity index (χ0) is 15.3. The van der Waals surface area contributed by atoms with Crippen LogP contribution >= 0.6 is 0 Å². The van der Waals surface area contributed by atoms with Gasteiger partial charge in [0.1, 0.15) is 5.75 Å². The molecular formula is C18H25NO2. The van der Waals surface area contributed by atoms with Gasteiger partial charge < -0.3 is 9.64 Å². The fraction of sp³-hybridized carbons (Fsp3) is 0.611. The topological polar surface area (TPSA) is 29.5 Å². The number of para-hydroxylation sites is 1. The predicted octanol–water partition coefficient (Wildman–Crippen LogP) is 3.74. The molecule has 3 rings (SSSR count). The van der Waals surface area contributed by atoms with E-state index in [9.17, 15) is 4.79 Å². The number of amides is 1. The molecule has 1 aliphatic carbocycles. The van der Waals surface area contributed by atoms with Crippen LogP contribution in [0, 0.1) is 10.8 Å². The van der Waals surface area contributed by atoms with Gasteiger partial charge in [-0.1, -0.05) is 32.9 Å². The van der Waals surface area contributed by atoms with Gasteiger partial charge in [-0.15, -0.1) is 0 Å². The summed E-state index contributed by atoms with van der Waals surface area (Å²) in [5.41, 5.74) is 1.28. The lowest BCUT2D eigenvalue weighted by molar-refractivity contribution is 0.0705. The number of fused-ring (bicyclic) bond motifs is 2. The van der Waals surface area contributed by atoms with Crippen LogP contribution in [-0.2, 0) is 0 Å². The number of carbonyl (C=O) groups excluding carboxylic acids is 1. The minimum absolute atomic E-state index is 0.124. The van der Waals surface area contributed by atoms with E-state index in [1.54, 1.807) is 7.11 Å². The Hall–Kier alpha value is -1.51. The molecule has 1 saturated carbocycles. The average molecular weight is 287 g/mol. The fourth-order valence-electron chi connectivity index (χ4n) is 4.67. The Kier molecular flexibility index (Phi) is 3.27. The first-order chi connectivity index (χ1) is 9.84. The lowest BCUT2D eigenvalue weighted by Crippen LogP contribution is -2.37. The maximum atomic E-state index is 13.0. The second-order valence-corrected chi connectivity index (χ2v) is 7.85. The van der Waals surface area contributed by atoms with E-state index in [1.165, 1.54) is 6.42 Å². The van der Waals surface area contributed by atoms with Crippen LogP contribution in [-0.4, -0.2) is 30.5 Å². The monoisotopic (exact) mass is 287 g/mol. The van der Waals surface area contributed by atoms with Crippen molar-refractivity contribution in [3.8, 4) is 5.75 Å². The lowest BCUT2D eigenvalue weighted by Gasteiger charge is -2.39. The number of rotatable bonds is 2. The summed E-state index contributed by atoms with van der Waals surface area (Å²) < 4.78 is 5.36. The molecule has 21 heavy (non-hydrogen) atoms. The Morgan fingerprint density at radius 1 is 1.24 bits per heavy atom. The minimum Gasteiger partial charge on any atom is -0.496 e. The molecule has 1 heterocycles. The SMILES string of the molecule is COc1ccccc1C(=O)N1C[C@]2(C)C[C@H]1CC(C)(C)C2. The van der Waals surface area contributed by atoms with E-state index < -0.39 is 0 Å². The largest absolute Gasteiger partial charge is 0.496 e. The van der Waals surface area contributed by atoms with Gasteiger partial charge in [0.15, 0.2) is 0 Å². The van der Waals surface area contributed by atoms with E-state index in [2.05, 4.69) is 25.7 Å². The Balaban J connectivity index is 1.90. The van der Waals surface area contributed by atoms with Crippen molar-refractivity contribution in [1.82, 2.24) is 4.90 Å². The number of ether oxygens (including phenoxy) is 1. The number of hydrogen-bond acceptors (Lipinski definition) is 2. The molecule has 0 aromatic heterocycles. The summed E-state index contributed by atoms with van der Waals surface area (Å²) in [5, 5.41) is 0. The van der Waals surface area contributed by atoms with Crippen LogP contribution in [0.2, 0.25) is 0 Å². The van der Waals surface area contributed by atoms with Gasteiger partial charge in [0.05, 0.1) is 12.7 Å². The zero-order valence-electron chi connectivity index (χ0n) is 13.5. The predicted molar refractivity (Wildman–Crippen MR) is 83.6 cm³/mol. The van der Waals surface area contributed by atoms with Gasteiger partial charge >= 0.3 is 0 Å². The quantitative estimate of drug-likeness (QED) is 0.829. The minimum atomic E-state index is 0.124. The molecule has 0 spiro atoms. The molecule has 2 atom stereocenters. The van der Waals surface area contributed by atoms with Crippen molar-refractivity contribution in [2.24, 2.45) is 10.8 Å². The molecule has 2 aliphatic rings. The van der Waals surface area contributed by atoms with Gasteiger partial charge in [-0.3, -0.25) is 4.79 Å². The summed E-state index contributed by atoms with van der Waals surface area (Å²) in [4.78, 5) is 15.1. The molecule has 3 nitrogen and oxygen atoms in total. The first kappa shape index (κ1) is 14.4. The lowest BCUT2D eigenvalue weighted by atomic mass is 9.65. The highest BCUT2D eigenvalue weighted by Gasteiger charge is 2.51. The number of carbonyl (C=O) groups is 1. The second-order valence-electron chi connectivity index (χ2n) is 7.85. The normalized spacial score (nSPS) is 30.3. The van der Waals surface area contributed by atoms with Crippen molar-refractivity contribution in [2.45, 2.75) is 46.1 Å². The maximum Gasteiger partial charge on any atom is 0.257 e. The van der Waals surface area contributed by atoms with Crippen molar-refractivity contribution < 1.29 is 9.53 Å². The van der Waals surface area contributed by atoms with Crippen LogP contribution in [0.15, 0.2) is 24.3 Å². The fourth-order valence-corrected chi connectivity index (χ4v) is 4.67. The van der Waals surface area contributed by atoms with Crippen LogP contribution in [0.5, 0.6) is 5.75 Å². The number of hydrogen-bond donors (Lipinski definition) is 0. The van der Waals surface area contributed by atoms with E-state index in [4.69, 9.17) is 4.74 Å². The van der Waals surface area contributed by atoms with Crippen molar-refractivity contribution in [1.29, 1.82) is 0 Å². The average Bonchev–Trinajstić information content (AvgIpc) is 2.67. The molecule has 0 radical (unpaired) electrons. The smallest absolute Gasteiger partial charge is 0.257 e. The molecule has 1 aliphatic heterocycles. The summed E-state index contributed by atoms with van der Waals surface area (Å²) in [6.45, 7) is 7.86. The highest BCUT2D eigenvalue weighted by atomic mass is 16.5. The number of likely N-dealkylation sites (tertiary alicyclic amines) is 1. The van der Waals surface area contributed by atoms with Crippen LogP contribution in [0.4, 0.5) is 0 Å². The van der Waals surface area contributed by atoms with E-state index in [-0.39, 0.29) is 11.3 Å². The summed E-state index contributed by atoms with van der Waals surface area (Å²) in [7, 11) is 1.62. The molecule has 3 heteroatoms. The van der Waals surface area contributed by atoms with Crippen LogP contribution < -0.4 is 4.74 Å². The van der Waals surface area contributed by atoms with Crippen molar-refractivity contribution in [3.63, 3.8) is 0 Å². The van der Waals surface area contributed by atoms with Crippen molar-refractivity contribution in [3.05, 3.63) is 29.8 Å². The summed E-state index contributed by atoms with van der Waals surface area (Å²) in [5.74, 6) is 0.798. The number of benzene rings is 1. The highest BCUT2D eigenvalue weighted by molar-refractivity contribution is 5.97. The zero-order valence-corrected chi connectivity index (χ0v) is 13.5. The summed E-state index contributed by atoms with van der Waals surface area (Å²) in [6, 6.07) is 7.92. The van der Waals surface area contributed by atoms with Gasteiger partial charge in [-0.25, -0.2) is 0 Å². The van der Waals surface area contributed by atoms with Gasteiger partial charge in [-0.2, -0.15) is 0 Å². The van der Waals surface area contributed by atoms with E-state index in [1.807, 2.05) is 24.3 Å². The molecular weight excluding hydrogens is 262 g/mol. The van der Waals surface area contributed by atoms with E-state index in [0.29, 0.717) is 22.8 Å². The van der Waals surface area contributed by atoms with Crippen molar-refractivity contribution >= 4 is 5.91 Å². The molecule has 114 valence electrons. The number of nitrogens with zero attached hydrogens (tertiary/aromatic N) is 1. The molecule has 1 aromatic carbocycles. The Morgan fingerprint density at radius 3 is 2.67 bits per heavy atom. The molecule has 1 aromatic rings. The molecule has 0 N–H and O–H groups in total. The number of methoxy groups -OCH3 is 1. The van der Waals surface area contributed by atoms with Gasteiger partial charge in [-0.05, 0) is 42.2 Å². The highest BCUT2D eigenvalue weighted by Crippen LogP contribution is 2.52. The van der Waals surface area contributed by atoms with Gasteiger partial charge in [0.25, 0.3) is 5.91 Å². The molecule has 1 saturated heterocycles. The first-order valence-electron chi connectivity index (χ1n) is 7.78. The van der Waals surface area contributed by atoms with E-state index >= 15 is 0 Å². The Labute approximate surface area is 127 Å². The summed E-state index contributed by atoms with van der Waals surface area (Å²) >= 11 is 0. The third-order valence-electron chi connectivity index (χ3n) is 5.01.